The molecule has 0 bridgehead atoms. The molecule has 0 fully saturated rings. The summed E-state index contributed by atoms with van der Waals surface area (Å²) in [6.07, 6.45) is 2.21. The van der Waals surface area contributed by atoms with Crippen LogP contribution < -0.4 is 9.47 Å². The lowest BCUT2D eigenvalue weighted by molar-refractivity contribution is 0.0697. The Hall–Kier alpha value is -2.49. The van der Waals surface area contributed by atoms with E-state index in [-0.39, 0.29) is 5.56 Å². The topological polar surface area (TPSA) is 55.8 Å². The number of hydrogen-bond acceptors (Lipinski definition) is 3. The van der Waals surface area contributed by atoms with Crippen LogP contribution in [0.15, 0.2) is 48.5 Å². The van der Waals surface area contributed by atoms with Crippen molar-refractivity contribution < 1.29 is 19.4 Å². The van der Waals surface area contributed by atoms with Crippen LogP contribution in [0, 0.1) is 0 Å². The first-order chi connectivity index (χ1) is 10.7. The van der Waals surface area contributed by atoms with Gasteiger partial charge in [0.15, 0.2) is 0 Å². The van der Waals surface area contributed by atoms with Gasteiger partial charge in [0, 0.05) is 0 Å². The highest BCUT2D eigenvalue weighted by atomic mass is 16.5. The van der Waals surface area contributed by atoms with Gasteiger partial charge in [-0.1, -0.05) is 25.5 Å². The number of carboxylic acids is 1. The first kappa shape index (κ1) is 15.9. The predicted octanol–water partition coefficient (Wildman–Crippen LogP) is 3.80. The summed E-state index contributed by atoms with van der Waals surface area (Å²) in [6, 6.07) is 14.4. The van der Waals surface area contributed by atoms with E-state index in [1.54, 1.807) is 12.1 Å². The summed E-state index contributed by atoms with van der Waals surface area (Å²) in [5, 5.41) is 8.81. The highest BCUT2D eigenvalue weighted by Crippen LogP contribution is 2.14. The number of benzene rings is 2. The molecular weight excluding hydrogens is 280 g/mol. The lowest BCUT2D eigenvalue weighted by Crippen LogP contribution is -2.09. The molecule has 0 atom stereocenters. The second-order valence-electron chi connectivity index (χ2n) is 4.92. The van der Waals surface area contributed by atoms with E-state index in [2.05, 4.69) is 19.1 Å². The Kier molecular flexibility index (Phi) is 5.83. The molecule has 0 unspecified atom stereocenters. The van der Waals surface area contributed by atoms with Gasteiger partial charge in [-0.2, -0.15) is 0 Å². The van der Waals surface area contributed by atoms with Gasteiger partial charge in [-0.15, -0.1) is 0 Å². The van der Waals surface area contributed by atoms with Crippen molar-refractivity contribution in [2.24, 2.45) is 0 Å². The van der Waals surface area contributed by atoms with Crippen molar-refractivity contribution in [3.63, 3.8) is 0 Å². The van der Waals surface area contributed by atoms with Crippen LogP contribution >= 0.6 is 0 Å². The van der Waals surface area contributed by atoms with E-state index in [0.717, 1.165) is 18.6 Å². The van der Waals surface area contributed by atoms with Gasteiger partial charge < -0.3 is 14.6 Å². The molecule has 0 amide bonds. The van der Waals surface area contributed by atoms with Gasteiger partial charge in [-0.3, -0.25) is 0 Å². The number of ether oxygens (including phenoxy) is 2. The van der Waals surface area contributed by atoms with Gasteiger partial charge in [0.05, 0.1) is 5.56 Å². The Bertz CT molecular complexity index is 587. The van der Waals surface area contributed by atoms with Gasteiger partial charge in [0.25, 0.3) is 0 Å². The van der Waals surface area contributed by atoms with Crippen LogP contribution in [0.4, 0.5) is 0 Å². The molecule has 0 aliphatic heterocycles. The molecule has 0 spiro atoms. The molecule has 2 aromatic carbocycles. The maximum absolute atomic E-state index is 10.7. The summed E-state index contributed by atoms with van der Waals surface area (Å²) in [5.41, 5.74) is 1.56. The van der Waals surface area contributed by atoms with E-state index in [4.69, 9.17) is 14.6 Å². The fourth-order valence-electron chi connectivity index (χ4n) is 2.05. The van der Waals surface area contributed by atoms with E-state index in [1.165, 1.54) is 17.7 Å². The first-order valence-electron chi connectivity index (χ1n) is 7.37. The Morgan fingerprint density at radius 2 is 1.41 bits per heavy atom. The van der Waals surface area contributed by atoms with Crippen LogP contribution in [-0.2, 0) is 6.42 Å². The van der Waals surface area contributed by atoms with E-state index in [9.17, 15) is 4.79 Å². The monoisotopic (exact) mass is 300 g/mol. The van der Waals surface area contributed by atoms with Gasteiger partial charge in [-0.25, -0.2) is 4.79 Å². The van der Waals surface area contributed by atoms with Crippen molar-refractivity contribution in [2.45, 2.75) is 19.8 Å². The van der Waals surface area contributed by atoms with Crippen molar-refractivity contribution in [3.8, 4) is 11.5 Å². The van der Waals surface area contributed by atoms with Crippen molar-refractivity contribution in [1.29, 1.82) is 0 Å². The Morgan fingerprint density at radius 3 is 1.86 bits per heavy atom. The number of rotatable bonds is 8. The molecule has 4 nitrogen and oxygen atoms in total. The van der Waals surface area contributed by atoms with Crippen LogP contribution in [0.1, 0.15) is 29.3 Å². The predicted molar refractivity (Wildman–Crippen MR) is 84.8 cm³/mol. The number of hydrogen-bond donors (Lipinski definition) is 1. The maximum atomic E-state index is 10.7. The van der Waals surface area contributed by atoms with Crippen LogP contribution in [0.5, 0.6) is 11.5 Å². The van der Waals surface area contributed by atoms with E-state index in [1.807, 2.05) is 12.1 Å². The number of aromatic carboxylic acids is 1. The second-order valence-corrected chi connectivity index (χ2v) is 4.92. The summed E-state index contributed by atoms with van der Waals surface area (Å²) in [6.45, 7) is 3.00. The standard InChI is InChI=1S/C18H20O4/c1-2-3-14-4-8-16(9-5-14)21-12-13-22-17-10-6-15(7-11-17)18(19)20/h4-11H,2-3,12-13H2,1H3,(H,19,20). The minimum atomic E-state index is -0.943. The Balaban J connectivity index is 1.73. The molecule has 0 saturated carbocycles. The average molecular weight is 300 g/mol. The van der Waals surface area contributed by atoms with Crippen molar-refractivity contribution in [2.75, 3.05) is 13.2 Å². The smallest absolute Gasteiger partial charge is 0.335 e. The third-order valence-corrected chi connectivity index (χ3v) is 3.18. The molecule has 1 N–H and O–H groups in total. The minimum absolute atomic E-state index is 0.246. The highest BCUT2D eigenvalue weighted by molar-refractivity contribution is 5.87. The molecule has 2 aromatic rings. The van der Waals surface area contributed by atoms with Gasteiger partial charge in [0.2, 0.25) is 0 Å². The fourth-order valence-corrected chi connectivity index (χ4v) is 2.05. The molecule has 22 heavy (non-hydrogen) atoms. The van der Waals surface area contributed by atoms with Gasteiger partial charge >= 0.3 is 5.97 Å². The van der Waals surface area contributed by atoms with Crippen LogP contribution in [0.2, 0.25) is 0 Å². The summed E-state index contributed by atoms with van der Waals surface area (Å²) < 4.78 is 11.1. The summed E-state index contributed by atoms with van der Waals surface area (Å²) in [5.74, 6) is 0.512. The minimum Gasteiger partial charge on any atom is -0.490 e. The SMILES string of the molecule is CCCc1ccc(OCCOc2ccc(C(=O)O)cc2)cc1. The Labute approximate surface area is 130 Å². The molecule has 0 heterocycles. The highest BCUT2D eigenvalue weighted by Gasteiger charge is 2.02. The van der Waals surface area contributed by atoms with E-state index in [0.29, 0.717) is 19.0 Å². The molecule has 0 aliphatic rings. The zero-order valence-electron chi connectivity index (χ0n) is 12.6. The number of carboxylic acid groups (broad SMARTS) is 1. The number of carbonyl (C=O) groups is 1. The third-order valence-electron chi connectivity index (χ3n) is 3.18. The van der Waals surface area contributed by atoms with Crippen LogP contribution in [0.3, 0.4) is 0 Å². The zero-order valence-corrected chi connectivity index (χ0v) is 12.6. The zero-order chi connectivity index (χ0) is 15.8. The lowest BCUT2D eigenvalue weighted by Gasteiger charge is -2.09. The maximum Gasteiger partial charge on any atom is 0.335 e. The molecule has 0 radical (unpaired) electrons. The third kappa shape index (κ3) is 4.81. The number of aryl methyl sites for hydroxylation is 1. The van der Waals surface area contributed by atoms with Gasteiger partial charge in [-0.05, 0) is 48.4 Å². The van der Waals surface area contributed by atoms with Crippen LogP contribution in [0.25, 0.3) is 0 Å². The van der Waals surface area contributed by atoms with Crippen molar-refractivity contribution in [1.82, 2.24) is 0 Å². The second kappa shape index (κ2) is 8.08. The molecule has 0 aliphatic carbocycles. The normalized spacial score (nSPS) is 10.2. The largest absolute Gasteiger partial charge is 0.490 e. The van der Waals surface area contributed by atoms with Crippen molar-refractivity contribution >= 4 is 5.97 Å². The molecular formula is C18H20O4. The van der Waals surface area contributed by atoms with Crippen molar-refractivity contribution in [3.05, 3.63) is 59.7 Å². The summed E-state index contributed by atoms with van der Waals surface area (Å²) in [4.78, 5) is 10.7. The van der Waals surface area contributed by atoms with E-state index < -0.39 is 5.97 Å². The lowest BCUT2D eigenvalue weighted by atomic mass is 10.1. The summed E-state index contributed by atoms with van der Waals surface area (Å²) in [7, 11) is 0. The summed E-state index contributed by atoms with van der Waals surface area (Å²) >= 11 is 0. The Morgan fingerprint density at radius 1 is 0.909 bits per heavy atom. The molecule has 116 valence electrons. The van der Waals surface area contributed by atoms with Gasteiger partial charge in [0.1, 0.15) is 24.7 Å². The molecule has 4 heteroatoms. The molecule has 2 rings (SSSR count). The molecule has 0 aromatic heterocycles. The average Bonchev–Trinajstić information content (AvgIpc) is 2.54. The fraction of sp³-hybridized carbons (Fsp3) is 0.278. The molecule has 0 saturated heterocycles. The first-order valence-corrected chi connectivity index (χ1v) is 7.37. The quantitative estimate of drug-likeness (QED) is 0.753. The van der Waals surface area contributed by atoms with Crippen LogP contribution in [-0.4, -0.2) is 24.3 Å². The van der Waals surface area contributed by atoms with E-state index >= 15 is 0 Å².